The lowest BCUT2D eigenvalue weighted by atomic mass is 10.1. The van der Waals surface area contributed by atoms with Crippen molar-refractivity contribution < 1.29 is 19.1 Å². The molecule has 2 aliphatic rings. The maximum atomic E-state index is 13.3. The van der Waals surface area contributed by atoms with Crippen LogP contribution in [0.3, 0.4) is 0 Å². The molecular weight excluding hydrogens is 380 g/mol. The second-order valence-corrected chi connectivity index (χ2v) is 7.96. The first-order valence-corrected chi connectivity index (χ1v) is 10.5. The predicted molar refractivity (Wildman–Crippen MR) is 114 cm³/mol. The summed E-state index contributed by atoms with van der Waals surface area (Å²) in [5.74, 6) is 1.09. The number of para-hydroxylation sites is 1. The predicted octanol–water partition coefficient (Wildman–Crippen LogP) is 3.09. The number of amides is 2. The minimum atomic E-state index is -0.205. The zero-order valence-corrected chi connectivity index (χ0v) is 17.3. The van der Waals surface area contributed by atoms with E-state index in [1.54, 1.807) is 19.2 Å². The molecule has 4 rings (SSSR count). The summed E-state index contributed by atoms with van der Waals surface area (Å²) in [5, 5.41) is 0. The maximum Gasteiger partial charge on any atom is 0.257 e. The Morgan fingerprint density at radius 2 is 1.80 bits per heavy atom. The number of benzene rings is 2. The van der Waals surface area contributed by atoms with Gasteiger partial charge in [-0.3, -0.25) is 9.59 Å². The van der Waals surface area contributed by atoms with Crippen molar-refractivity contribution in [1.29, 1.82) is 0 Å². The third-order valence-electron chi connectivity index (χ3n) is 5.67. The number of carbonyl (C=O) groups excluding carboxylic acids is 2. The second-order valence-electron chi connectivity index (χ2n) is 7.96. The van der Waals surface area contributed by atoms with Crippen molar-refractivity contribution in [3.8, 4) is 5.75 Å². The minimum absolute atomic E-state index is 0.00805. The zero-order chi connectivity index (χ0) is 20.9. The largest absolute Gasteiger partial charge is 0.496 e. The fourth-order valence-corrected chi connectivity index (χ4v) is 3.87. The molecular formula is C24H28N2O4. The van der Waals surface area contributed by atoms with E-state index in [0.29, 0.717) is 55.6 Å². The molecule has 0 radical (unpaired) electrons. The van der Waals surface area contributed by atoms with Gasteiger partial charge in [0, 0.05) is 31.7 Å². The number of nitrogens with zero attached hydrogens (tertiary/aromatic N) is 2. The molecule has 2 aromatic carbocycles. The summed E-state index contributed by atoms with van der Waals surface area (Å²) in [6.45, 7) is 2.69. The molecule has 0 spiro atoms. The van der Waals surface area contributed by atoms with Gasteiger partial charge in [-0.15, -0.1) is 0 Å². The van der Waals surface area contributed by atoms with Crippen LogP contribution in [-0.2, 0) is 4.74 Å². The van der Waals surface area contributed by atoms with Crippen molar-refractivity contribution in [2.45, 2.75) is 18.9 Å². The standard InChI is InChI=1S/C24H28N2O4/c1-29-22-10-6-5-9-21(22)24(28)26(15-18-11-12-18)17-20-16-25(13-14-30-20)23(27)19-7-3-2-4-8-19/h2-10,18,20H,11-17H2,1H3. The van der Waals surface area contributed by atoms with Crippen LogP contribution in [0.1, 0.15) is 33.6 Å². The number of hydrogen-bond acceptors (Lipinski definition) is 4. The smallest absolute Gasteiger partial charge is 0.257 e. The van der Waals surface area contributed by atoms with Gasteiger partial charge in [-0.25, -0.2) is 0 Å². The van der Waals surface area contributed by atoms with E-state index in [9.17, 15) is 9.59 Å². The summed E-state index contributed by atoms with van der Waals surface area (Å²) in [4.78, 5) is 29.8. The Labute approximate surface area is 177 Å². The molecule has 2 amide bonds. The van der Waals surface area contributed by atoms with Crippen LogP contribution < -0.4 is 4.74 Å². The lowest BCUT2D eigenvalue weighted by molar-refractivity contribution is -0.0335. The highest BCUT2D eigenvalue weighted by molar-refractivity contribution is 5.97. The highest BCUT2D eigenvalue weighted by atomic mass is 16.5. The molecule has 1 saturated heterocycles. The summed E-state index contributed by atoms with van der Waals surface area (Å²) < 4.78 is 11.3. The molecule has 6 heteroatoms. The van der Waals surface area contributed by atoms with E-state index >= 15 is 0 Å². The Morgan fingerprint density at radius 1 is 1.07 bits per heavy atom. The summed E-state index contributed by atoms with van der Waals surface area (Å²) in [5.41, 5.74) is 1.24. The van der Waals surface area contributed by atoms with Crippen molar-refractivity contribution in [2.75, 3.05) is 39.9 Å². The van der Waals surface area contributed by atoms with E-state index in [2.05, 4.69) is 0 Å². The Kier molecular flexibility index (Phi) is 6.33. The molecule has 2 aromatic rings. The Balaban J connectivity index is 1.46. The van der Waals surface area contributed by atoms with Gasteiger partial charge < -0.3 is 19.3 Å². The van der Waals surface area contributed by atoms with Crippen molar-refractivity contribution in [3.63, 3.8) is 0 Å². The van der Waals surface area contributed by atoms with Gasteiger partial charge in [-0.1, -0.05) is 30.3 Å². The van der Waals surface area contributed by atoms with Crippen molar-refractivity contribution in [3.05, 3.63) is 65.7 Å². The van der Waals surface area contributed by atoms with Gasteiger partial charge in [-0.2, -0.15) is 0 Å². The molecule has 6 nitrogen and oxygen atoms in total. The van der Waals surface area contributed by atoms with Gasteiger partial charge >= 0.3 is 0 Å². The van der Waals surface area contributed by atoms with Crippen LogP contribution in [-0.4, -0.2) is 67.6 Å². The Morgan fingerprint density at radius 3 is 2.53 bits per heavy atom. The van der Waals surface area contributed by atoms with Gasteiger partial charge in [0.15, 0.2) is 0 Å². The SMILES string of the molecule is COc1ccccc1C(=O)N(CC1CC1)CC1CN(C(=O)c2ccccc2)CCO1. The average molecular weight is 408 g/mol. The number of ether oxygens (including phenoxy) is 2. The topological polar surface area (TPSA) is 59.1 Å². The summed E-state index contributed by atoms with van der Waals surface area (Å²) in [7, 11) is 1.58. The van der Waals surface area contributed by atoms with Crippen molar-refractivity contribution in [1.82, 2.24) is 9.80 Å². The van der Waals surface area contributed by atoms with Gasteiger partial charge in [0.25, 0.3) is 11.8 Å². The fourth-order valence-electron chi connectivity index (χ4n) is 3.87. The summed E-state index contributed by atoms with van der Waals surface area (Å²) in [6.07, 6.45) is 2.10. The first-order valence-electron chi connectivity index (χ1n) is 10.5. The molecule has 1 saturated carbocycles. The number of hydrogen-bond donors (Lipinski definition) is 0. The van der Waals surface area contributed by atoms with Crippen LogP contribution in [0.2, 0.25) is 0 Å². The fraction of sp³-hybridized carbons (Fsp3) is 0.417. The molecule has 0 aromatic heterocycles. The van der Waals surface area contributed by atoms with E-state index in [-0.39, 0.29) is 17.9 Å². The summed E-state index contributed by atoms with van der Waals surface area (Å²) >= 11 is 0. The molecule has 1 aliphatic heterocycles. The lowest BCUT2D eigenvalue weighted by Crippen LogP contribution is -2.51. The third kappa shape index (κ3) is 4.82. The monoisotopic (exact) mass is 408 g/mol. The molecule has 1 heterocycles. The molecule has 1 atom stereocenters. The van der Waals surface area contributed by atoms with E-state index in [4.69, 9.17) is 9.47 Å². The Hall–Kier alpha value is -2.86. The number of methoxy groups -OCH3 is 1. The van der Waals surface area contributed by atoms with Crippen LogP contribution in [0.5, 0.6) is 5.75 Å². The average Bonchev–Trinajstić information content (AvgIpc) is 3.62. The zero-order valence-electron chi connectivity index (χ0n) is 17.3. The van der Waals surface area contributed by atoms with Crippen molar-refractivity contribution in [2.24, 2.45) is 5.92 Å². The maximum absolute atomic E-state index is 13.3. The van der Waals surface area contributed by atoms with Gasteiger partial charge in [0.2, 0.25) is 0 Å². The van der Waals surface area contributed by atoms with Crippen LogP contribution in [0, 0.1) is 5.92 Å². The molecule has 158 valence electrons. The van der Waals surface area contributed by atoms with Crippen LogP contribution >= 0.6 is 0 Å². The van der Waals surface area contributed by atoms with E-state index < -0.39 is 0 Å². The lowest BCUT2D eigenvalue weighted by Gasteiger charge is -2.36. The highest BCUT2D eigenvalue weighted by Crippen LogP contribution is 2.31. The number of carbonyl (C=O) groups is 2. The number of morpholine rings is 1. The first-order chi connectivity index (χ1) is 14.7. The molecule has 0 N–H and O–H groups in total. The third-order valence-corrected chi connectivity index (χ3v) is 5.67. The second kappa shape index (κ2) is 9.30. The quantitative estimate of drug-likeness (QED) is 0.707. The highest BCUT2D eigenvalue weighted by Gasteiger charge is 2.32. The molecule has 0 bridgehead atoms. The summed E-state index contributed by atoms with van der Waals surface area (Å²) in [6, 6.07) is 16.6. The molecule has 1 aliphatic carbocycles. The molecule has 1 unspecified atom stereocenters. The molecule has 2 fully saturated rings. The normalized spacial score (nSPS) is 18.7. The van der Waals surface area contributed by atoms with E-state index in [1.165, 1.54) is 0 Å². The van der Waals surface area contributed by atoms with Crippen molar-refractivity contribution >= 4 is 11.8 Å². The van der Waals surface area contributed by atoms with Crippen LogP contribution in [0.15, 0.2) is 54.6 Å². The minimum Gasteiger partial charge on any atom is -0.496 e. The van der Waals surface area contributed by atoms with Gasteiger partial charge in [0.1, 0.15) is 5.75 Å². The first kappa shape index (κ1) is 20.4. The molecule has 30 heavy (non-hydrogen) atoms. The van der Waals surface area contributed by atoms with Gasteiger partial charge in [0.05, 0.1) is 25.4 Å². The number of rotatable bonds is 7. The van der Waals surface area contributed by atoms with E-state index in [0.717, 1.165) is 12.8 Å². The van der Waals surface area contributed by atoms with E-state index in [1.807, 2.05) is 52.3 Å². The Bertz CT molecular complexity index is 882. The van der Waals surface area contributed by atoms with Crippen LogP contribution in [0.25, 0.3) is 0 Å². The van der Waals surface area contributed by atoms with Gasteiger partial charge in [-0.05, 0) is 43.0 Å². The van der Waals surface area contributed by atoms with Crippen LogP contribution in [0.4, 0.5) is 0 Å².